The molecule has 0 aliphatic rings. The van der Waals surface area contributed by atoms with E-state index in [-0.39, 0.29) is 12.3 Å². The lowest BCUT2D eigenvalue weighted by molar-refractivity contribution is -0.384. The molecule has 8 nitrogen and oxygen atoms in total. The molecule has 0 amide bonds. The number of aliphatic hydroxyl groups is 1. The van der Waals surface area contributed by atoms with Crippen molar-refractivity contribution in [2.75, 3.05) is 13.7 Å². The number of rotatable bonds is 6. The van der Waals surface area contributed by atoms with Gasteiger partial charge in [0.05, 0.1) is 24.3 Å². The first kappa shape index (κ1) is 13.9. The van der Waals surface area contributed by atoms with Crippen LogP contribution in [0.3, 0.4) is 0 Å². The Labute approximate surface area is 114 Å². The molecule has 0 saturated carbocycles. The number of benzene rings is 1. The van der Waals surface area contributed by atoms with Crippen LogP contribution in [0, 0.1) is 10.1 Å². The summed E-state index contributed by atoms with van der Waals surface area (Å²) in [6, 6.07) is 4.39. The van der Waals surface area contributed by atoms with Gasteiger partial charge in [-0.2, -0.15) is 0 Å². The maximum Gasteiger partial charge on any atom is 0.270 e. The molecule has 106 valence electrons. The Balaban J connectivity index is 2.25. The lowest BCUT2D eigenvalue weighted by Gasteiger charge is -2.07. The fourth-order valence-electron chi connectivity index (χ4n) is 1.82. The van der Waals surface area contributed by atoms with Gasteiger partial charge in [-0.05, 0) is 6.07 Å². The molecule has 0 fully saturated rings. The molecule has 1 aromatic carbocycles. The molecule has 1 N–H and O–H groups in total. The van der Waals surface area contributed by atoms with Gasteiger partial charge in [-0.25, -0.2) is 4.68 Å². The third-order valence-corrected chi connectivity index (χ3v) is 2.76. The Morgan fingerprint density at radius 3 is 2.95 bits per heavy atom. The minimum Gasteiger partial charge on any atom is -0.496 e. The average molecular weight is 278 g/mol. The summed E-state index contributed by atoms with van der Waals surface area (Å²) in [5.74, 6) is 0.551. The smallest absolute Gasteiger partial charge is 0.270 e. The fraction of sp³-hybridized carbons (Fsp3) is 0.333. The first-order valence-electron chi connectivity index (χ1n) is 5.95. The second-order valence-corrected chi connectivity index (χ2v) is 4.13. The van der Waals surface area contributed by atoms with Crippen molar-refractivity contribution in [3.05, 3.63) is 45.8 Å². The summed E-state index contributed by atoms with van der Waals surface area (Å²) in [6.07, 6.45) is 2.11. The number of ether oxygens (including phenoxy) is 1. The molecule has 2 rings (SSSR count). The summed E-state index contributed by atoms with van der Waals surface area (Å²) in [7, 11) is 1.50. The van der Waals surface area contributed by atoms with E-state index in [4.69, 9.17) is 9.84 Å². The van der Waals surface area contributed by atoms with Crippen LogP contribution in [0.5, 0.6) is 5.75 Å². The van der Waals surface area contributed by atoms with Crippen LogP contribution in [0.4, 0.5) is 5.69 Å². The van der Waals surface area contributed by atoms with Crippen LogP contribution >= 0.6 is 0 Å². The lowest BCUT2D eigenvalue weighted by atomic mass is 10.1. The van der Waals surface area contributed by atoms with Gasteiger partial charge in [0.1, 0.15) is 5.75 Å². The molecule has 0 atom stereocenters. The molecule has 8 heteroatoms. The zero-order chi connectivity index (χ0) is 14.5. The van der Waals surface area contributed by atoms with Crippen molar-refractivity contribution in [1.82, 2.24) is 15.0 Å². The number of aromatic nitrogens is 3. The highest BCUT2D eigenvalue weighted by Gasteiger charge is 2.12. The molecule has 0 saturated heterocycles. The maximum atomic E-state index is 10.8. The molecule has 0 bridgehead atoms. The number of hydrogen-bond donors (Lipinski definition) is 1. The number of non-ortho nitro benzene ring substituents is 1. The van der Waals surface area contributed by atoms with Crippen molar-refractivity contribution >= 4 is 5.69 Å². The van der Waals surface area contributed by atoms with Crippen molar-refractivity contribution in [3.63, 3.8) is 0 Å². The molecule has 0 aliphatic carbocycles. The summed E-state index contributed by atoms with van der Waals surface area (Å²) in [4.78, 5) is 10.3. The molecule has 1 heterocycles. The highest BCUT2D eigenvalue weighted by Crippen LogP contribution is 2.24. The van der Waals surface area contributed by atoms with E-state index in [1.54, 1.807) is 16.9 Å². The van der Waals surface area contributed by atoms with Crippen LogP contribution in [0.2, 0.25) is 0 Å². The van der Waals surface area contributed by atoms with Crippen molar-refractivity contribution in [1.29, 1.82) is 0 Å². The quantitative estimate of drug-likeness (QED) is 0.618. The normalized spacial score (nSPS) is 10.5. The summed E-state index contributed by atoms with van der Waals surface area (Å²) in [6.45, 7) is 0.308. The molecule has 0 radical (unpaired) electrons. The number of aliphatic hydroxyl groups excluding tert-OH is 1. The van der Waals surface area contributed by atoms with Gasteiger partial charge in [0.25, 0.3) is 5.69 Å². The lowest BCUT2D eigenvalue weighted by Crippen LogP contribution is -2.03. The summed E-state index contributed by atoms with van der Waals surface area (Å²) in [5.41, 5.74) is 1.30. The zero-order valence-electron chi connectivity index (χ0n) is 10.9. The summed E-state index contributed by atoms with van der Waals surface area (Å²) < 4.78 is 6.73. The molecule has 2 aromatic rings. The van der Waals surface area contributed by atoms with E-state index in [1.807, 2.05) is 0 Å². The van der Waals surface area contributed by atoms with E-state index in [0.29, 0.717) is 30.0 Å². The monoisotopic (exact) mass is 278 g/mol. The Hall–Kier alpha value is -2.48. The average Bonchev–Trinajstić information content (AvgIpc) is 2.86. The van der Waals surface area contributed by atoms with Crippen molar-refractivity contribution in [2.45, 2.75) is 13.0 Å². The van der Waals surface area contributed by atoms with Crippen molar-refractivity contribution in [2.24, 2.45) is 0 Å². The van der Waals surface area contributed by atoms with Crippen LogP contribution < -0.4 is 4.74 Å². The van der Waals surface area contributed by atoms with E-state index in [1.165, 1.54) is 19.2 Å². The first-order valence-corrected chi connectivity index (χ1v) is 5.95. The third-order valence-electron chi connectivity index (χ3n) is 2.76. The Bertz CT molecular complexity index is 611. The number of methoxy groups -OCH3 is 1. The van der Waals surface area contributed by atoms with Gasteiger partial charge in [-0.3, -0.25) is 10.1 Å². The summed E-state index contributed by atoms with van der Waals surface area (Å²) in [5, 5.41) is 27.4. The molecule has 20 heavy (non-hydrogen) atoms. The van der Waals surface area contributed by atoms with E-state index < -0.39 is 4.92 Å². The zero-order valence-corrected chi connectivity index (χ0v) is 10.9. The number of nitro benzene ring substituents is 1. The minimum absolute atomic E-state index is 0.00117. The molecule has 0 aliphatic heterocycles. The Morgan fingerprint density at radius 2 is 2.30 bits per heavy atom. The van der Waals surface area contributed by atoms with Gasteiger partial charge in [-0.15, -0.1) is 5.10 Å². The van der Waals surface area contributed by atoms with Gasteiger partial charge < -0.3 is 9.84 Å². The third kappa shape index (κ3) is 3.09. The van der Waals surface area contributed by atoms with E-state index in [0.717, 1.165) is 0 Å². The van der Waals surface area contributed by atoms with E-state index >= 15 is 0 Å². The Morgan fingerprint density at radius 1 is 1.50 bits per heavy atom. The standard InChI is InChI=1S/C12H14N4O4/c1-20-12-3-2-11(16(18)19)6-9(12)7-15-8-10(4-5-17)13-14-15/h2-3,6,8,17H,4-5,7H2,1H3. The molecule has 1 aromatic heterocycles. The van der Waals surface area contributed by atoms with Gasteiger partial charge in [0, 0.05) is 36.9 Å². The van der Waals surface area contributed by atoms with Gasteiger partial charge in [-0.1, -0.05) is 5.21 Å². The first-order chi connectivity index (χ1) is 9.63. The second kappa shape index (κ2) is 6.11. The SMILES string of the molecule is COc1ccc([N+](=O)[O-])cc1Cn1cc(CCO)nn1. The highest BCUT2D eigenvalue weighted by molar-refractivity contribution is 5.43. The molecular weight excluding hydrogens is 264 g/mol. The highest BCUT2D eigenvalue weighted by atomic mass is 16.6. The number of nitro groups is 1. The number of hydrogen-bond acceptors (Lipinski definition) is 6. The van der Waals surface area contributed by atoms with Crippen LogP contribution in [0.1, 0.15) is 11.3 Å². The number of nitrogens with zero attached hydrogens (tertiary/aromatic N) is 4. The van der Waals surface area contributed by atoms with Crippen LogP contribution in [-0.2, 0) is 13.0 Å². The van der Waals surface area contributed by atoms with Crippen LogP contribution in [-0.4, -0.2) is 38.7 Å². The van der Waals surface area contributed by atoms with Gasteiger partial charge >= 0.3 is 0 Å². The maximum absolute atomic E-state index is 10.8. The summed E-state index contributed by atoms with van der Waals surface area (Å²) >= 11 is 0. The van der Waals surface area contributed by atoms with E-state index in [9.17, 15) is 10.1 Å². The van der Waals surface area contributed by atoms with Gasteiger partial charge in [0.2, 0.25) is 0 Å². The van der Waals surface area contributed by atoms with E-state index in [2.05, 4.69) is 10.3 Å². The minimum atomic E-state index is -0.457. The van der Waals surface area contributed by atoms with Gasteiger partial charge in [0.15, 0.2) is 0 Å². The van der Waals surface area contributed by atoms with Crippen LogP contribution in [0.15, 0.2) is 24.4 Å². The predicted octanol–water partition coefficient (Wildman–Crippen LogP) is 0.778. The molecule has 0 spiro atoms. The van der Waals surface area contributed by atoms with Crippen molar-refractivity contribution in [3.8, 4) is 5.75 Å². The molecular formula is C12H14N4O4. The Kier molecular flexibility index (Phi) is 4.26. The van der Waals surface area contributed by atoms with Crippen molar-refractivity contribution < 1.29 is 14.8 Å². The predicted molar refractivity (Wildman–Crippen MR) is 69.6 cm³/mol. The largest absolute Gasteiger partial charge is 0.496 e. The topological polar surface area (TPSA) is 103 Å². The van der Waals surface area contributed by atoms with Crippen LogP contribution in [0.25, 0.3) is 0 Å². The molecule has 0 unspecified atom stereocenters. The second-order valence-electron chi connectivity index (χ2n) is 4.13. The fourth-order valence-corrected chi connectivity index (χ4v) is 1.82.